The van der Waals surface area contributed by atoms with Crippen LogP contribution in [0.2, 0.25) is 0 Å². The standard InChI is InChI=1S/C55H90O6/c1-4-7-10-13-16-19-21-23-25-27-29-31-33-36-39-42-45-48-54(57)60-51-52(50-59-53(56)47-44-41-38-35-18-15-12-9-6-3)61-55(58)49-46-43-40-37-34-32-30-28-26-24-22-20-17-14-11-8-5-2/h7,10,16-17,19-20,23-26,29-32,36,39,52H,4-6,8-9,11-15,18,21-22,27-28,33-35,37-38,40-51H2,1-3H3/b10-7-,19-16-,20-17-,25-23-,26-24-,31-29-,32-30-,39-36-/t52-/m1/s1. The van der Waals surface area contributed by atoms with Crippen molar-refractivity contribution in [3.05, 3.63) is 97.2 Å². The molecule has 0 fully saturated rings. The van der Waals surface area contributed by atoms with Gasteiger partial charge in [0.15, 0.2) is 6.10 Å². The van der Waals surface area contributed by atoms with Crippen molar-refractivity contribution in [1.82, 2.24) is 0 Å². The maximum absolute atomic E-state index is 12.8. The number of allylic oxidation sites excluding steroid dienone is 16. The van der Waals surface area contributed by atoms with Crippen LogP contribution in [0.15, 0.2) is 97.2 Å². The molecular formula is C55H90O6. The van der Waals surface area contributed by atoms with E-state index in [1.807, 2.05) is 0 Å². The summed E-state index contributed by atoms with van der Waals surface area (Å²) in [6, 6.07) is 0. The molecule has 0 radical (unpaired) electrons. The van der Waals surface area contributed by atoms with Crippen LogP contribution in [0.5, 0.6) is 0 Å². The average molecular weight is 847 g/mol. The van der Waals surface area contributed by atoms with Gasteiger partial charge in [-0.1, -0.05) is 195 Å². The summed E-state index contributed by atoms with van der Waals surface area (Å²) in [6.07, 6.45) is 63.9. The smallest absolute Gasteiger partial charge is 0.306 e. The highest BCUT2D eigenvalue weighted by Gasteiger charge is 2.19. The molecule has 0 saturated heterocycles. The summed E-state index contributed by atoms with van der Waals surface area (Å²) in [5, 5.41) is 0. The third-order valence-electron chi connectivity index (χ3n) is 10.1. The fourth-order valence-electron chi connectivity index (χ4n) is 6.36. The highest BCUT2D eigenvalue weighted by molar-refractivity contribution is 5.71. The Morgan fingerprint density at radius 2 is 0.656 bits per heavy atom. The monoisotopic (exact) mass is 847 g/mol. The van der Waals surface area contributed by atoms with Gasteiger partial charge < -0.3 is 14.2 Å². The highest BCUT2D eigenvalue weighted by Crippen LogP contribution is 2.13. The molecule has 0 amide bonds. The molecule has 0 bridgehead atoms. The van der Waals surface area contributed by atoms with E-state index in [0.717, 1.165) is 103 Å². The van der Waals surface area contributed by atoms with E-state index < -0.39 is 6.10 Å². The first kappa shape index (κ1) is 57.3. The molecule has 61 heavy (non-hydrogen) atoms. The Balaban J connectivity index is 4.49. The zero-order valence-corrected chi connectivity index (χ0v) is 39.4. The van der Waals surface area contributed by atoms with Gasteiger partial charge in [-0.2, -0.15) is 0 Å². The predicted octanol–water partition coefficient (Wildman–Crippen LogP) is 16.2. The summed E-state index contributed by atoms with van der Waals surface area (Å²) in [7, 11) is 0. The SMILES string of the molecule is CC/C=C\C/C=C\C/C=C\C/C=C\C/C=C\CCCC(=O)OC[C@@H](COC(=O)CCCCCCCCCCC)OC(=O)CCCCCC/C=C\C/C=C\C/C=C\CCCCC. The molecule has 0 aromatic heterocycles. The first-order valence-corrected chi connectivity index (χ1v) is 24.7. The topological polar surface area (TPSA) is 78.9 Å². The van der Waals surface area contributed by atoms with E-state index in [1.54, 1.807) is 0 Å². The number of hydrogen-bond acceptors (Lipinski definition) is 6. The summed E-state index contributed by atoms with van der Waals surface area (Å²) in [5.41, 5.74) is 0. The van der Waals surface area contributed by atoms with E-state index in [0.29, 0.717) is 12.8 Å². The summed E-state index contributed by atoms with van der Waals surface area (Å²) in [4.78, 5) is 37.8. The Bertz CT molecular complexity index is 1250. The van der Waals surface area contributed by atoms with Gasteiger partial charge in [-0.25, -0.2) is 0 Å². The first-order chi connectivity index (χ1) is 30.0. The zero-order valence-electron chi connectivity index (χ0n) is 39.4. The molecule has 346 valence electrons. The van der Waals surface area contributed by atoms with Crippen molar-refractivity contribution in [1.29, 1.82) is 0 Å². The fourth-order valence-corrected chi connectivity index (χ4v) is 6.36. The number of carbonyl (C=O) groups is 3. The molecule has 0 heterocycles. The van der Waals surface area contributed by atoms with Gasteiger partial charge in [0.2, 0.25) is 0 Å². The van der Waals surface area contributed by atoms with Crippen molar-refractivity contribution in [3.63, 3.8) is 0 Å². The number of ether oxygens (including phenoxy) is 3. The van der Waals surface area contributed by atoms with Crippen LogP contribution in [-0.2, 0) is 28.6 Å². The Labute approximate surface area is 375 Å². The van der Waals surface area contributed by atoms with Crippen molar-refractivity contribution >= 4 is 17.9 Å². The second kappa shape index (κ2) is 49.0. The van der Waals surface area contributed by atoms with Gasteiger partial charge in [-0.05, 0) is 96.3 Å². The Kier molecular flexibility index (Phi) is 46.0. The predicted molar refractivity (Wildman–Crippen MR) is 260 cm³/mol. The molecule has 1 atom stereocenters. The number of carbonyl (C=O) groups excluding carboxylic acids is 3. The van der Waals surface area contributed by atoms with Gasteiger partial charge in [-0.3, -0.25) is 14.4 Å². The molecule has 6 nitrogen and oxygen atoms in total. The zero-order chi connectivity index (χ0) is 44.4. The summed E-state index contributed by atoms with van der Waals surface area (Å²) < 4.78 is 16.7. The van der Waals surface area contributed by atoms with Gasteiger partial charge >= 0.3 is 17.9 Å². The lowest BCUT2D eigenvalue weighted by Gasteiger charge is -2.18. The van der Waals surface area contributed by atoms with Crippen molar-refractivity contribution in [2.45, 2.75) is 219 Å². The van der Waals surface area contributed by atoms with Gasteiger partial charge in [-0.15, -0.1) is 0 Å². The Morgan fingerprint density at radius 1 is 0.344 bits per heavy atom. The van der Waals surface area contributed by atoms with Crippen LogP contribution in [0.25, 0.3) is 0 Å². The largest absolute Gasteiger partial charge is 0.462 e. The normalized spacial score (nSPS) is 12.9. The molecule has 0 aromatic carbocycles. The van der Waals surface area contributed by atoms with E-state index in [-0.39, 0.29) is 44.0 Å². The van der Waals surface area contributed by atoms with Crippen LogP contribution in [0.1, 0.15) is 213 Å². The second-order valence-electron chi connectivity index (χ2n) is 16.0. The van der Waals surface area contributed by atoms with Crippen LogP contribution in [0.3, 0.4) is 0 Å². The molecule has 0 N–H and O–H groups in total. The molecule has 6 heteroatoms. The molecule has 0 aliphatic carbocycles. The summed E-state index contributed by atoms with van der Waals surface area (Å²) >= 11 is 0. The lowest BCUT2D eigenvalue weighted by atomic mass is 10.1. The van der Waals surface area contributed by atoms with Crippen LogP contribution < -0.4 is 0 Å². The third-order valence-corrected chi connectivity index (χ3v) is 10.1. The van der Waals surface area contributed by atoms with Crippen molar-refractivity contribution in [2.75, 3.05) is 13.2 Å². The summed E-state index contributed by atoms with van der Waals surface area (Å²) in [6.45, 7) is 6.39. The molecule has 0 spiro atoms. The van der Waals surface area contributed by atoms with Gasteiger partial charge in [0, 0.05) is 19.3 Å². The van der Waals surface area contributed by atoms with Crippen LogP contribution in [-0.4, -0.2) is 37.2 Å². The Morgan fingerprint density at radius 3 is 1.10 bits per heavy atom. The fraction of sp³-hybridized carbons (Fsp3) is 0.655. The van der Waals surface area contributed by atoms with Crippen LogP contribution in [0.4, 0.5) is 0 Å². The first-order valence-electron chi connectivity index (χ1n) is 24.7. The number of hydrogen-bond donors (Lipinski definition) is 0. The molecule has 0 aliphatic rings. The quantitative estimate of drug-likeness (QED) is 0.0263. The molecule has 0 saturated carbocycles. The van der Waals surface area contributed by atoms with E-state index in [1.165, 1.54) is 64.2 Å². The lowest BCUT2D eigenvalue weighted by Crippen LogP contribution is -2.30. The molecule has 0 aliphatic heterocycles. The van der Waals surface area contributed by atoms with E-state index in [4.69, 9.17) is 14.2 Å². The number of esters is 3. The van der Waals surface area contributed by atoms with Gasteiger partial charge in [0.05, 0.1) is 0 Å². The number of unbranched alkanes of at least 4 members (excludes halogenated alkanes) is 16. The molecule has 0 rings (SSSR count). The van der Waals surface area contributed by atoms with Gasteiger partial charge in [0.25, 0.3) is 0 Å². The third kappa shape index (κ3) is 47.2. The summed E-state index contributed by atoms with van der Waals surface area (Å²) in [5.74, 6) is -0.996. The minimum atomic E-state index is -0.810. The van der Waals surface area contributed by atoms with Crippen LogP contribution in [0, 0.1) is 0 Å². The van der Waals surface area contributed by atoms with E-state index >= 15 is 0 Å². The lowest BCUT2D eigenvalue weighted by molar-refractivity contribution is -0.167. The van der Waals surface area contributed by atoms with Crippen molar-refractivity contribution in [2.24, 2.45) is 0 Å². The maximum Gasteiger partial charge on any atom is 0.306 e. The maximum atomic E-state index is 12.8. The van der Waals surface area contributed by atoms with Crippen molar-refractivity contribution < 1.29 is 28.6 Å². The average Bonchev–Trinajstić information content (AvgIpc) is 3.26. The molecular weight excluding hydrogens is 757 g/mol. The highest BCUT2D eigenvalue weighted by atomic mass is 16.6. The van der Waals surface area contributed by atoms with Crippen LogP contribution >= 0.6 is 0 Å². The minimum Gasteiger partial charge on any atom is -0.462 e. The van der Waals surface area contributed by atoms with Crippen molar-refractivity contribution in [3.8, 4) is 0 Å². The Hall–Kier alpha value is -3.67. The minimum absolute atomic E-state index is 0.105. The second-order valence-corrected chi connectivity index (χ2v) is 16.0. The molecule has 0 unspecified atom stereocenters. The molecule has 0 aromatic rings. The number of rotatable bonds is 43. The van der Waals surface area contributed by atoms with E-state index in [2.05, 4.69) is 118 Å². The van der Waals surface area contributed by atoms with E-state index in [9.17, 15) is 14.4 Å². The van der Waals surface area contributed by atoms with Gasteiger partial charge in [0.1, 0.15) is 13.2 Å².